The molecule has 0 aromatic carbocycles. The van der Waals surface area contributed by atoms with E-state index < -0.39 is 11.7 Å². The number of ether oxygens (including phenoxy) is 1. The number of aliphatic hydroxyl groups is 1. The molecule has 1 fully saturated rings. The van der Waals surface area contributed by atoms with E-state index in [1.807, 2.05) is 40.7 Å². The first kappa shape index (κ1) is 25.4. The van der Waals surface area contributed by atoms with Gasteiger partial charge in [-0.2, -0.15) is 0 Å². The molecule has 1 aliphatic rings. The van der Waals surface area contributed by atoms with Gasteiger partial charge in [0.1, 0.15) is 16.4 Å². The van der Waals surface area contributed by atoms with E-state index in [2.05, 4.69) is 15.2 Å². The first-order valence-electron chi connectivity index (χ1n) is 10.9. The summed E-state index contributed by atoms with van der Waals surface area (Å²) in [6.45, 7) is 10.8. The molecule has 0 aliphatic carbocycles. The highest BCUT2D eigenvalue weighted by atomic mass is 35.5. The number of halogens is 1. The van der Waals surface area contributed by atoms with Gasteiger partial charge in [0.25, 0.3) is 0 Å². The lowest BCUT2D eigenvalue weighted by Crippen LogP contribution is -2.54. The van der Waals surface area contributed by atoms with Crippen LogP contribution in [0, 0.1) is 6.92 Å². The molecule has 0 unspecified atom stereocenters. The smallest absolute Gasteiger partial charge is 0.408 e. The molecule has 0 saturated carbocycles. The Morgan fingerprint density at radius 1 is 1.39 bits per heavy atom. The maximum absolute atomic E-state index is 12.2. The first-order chi connectivity index (χ1) is 15.4. The minimum atomic E-state index is -0.535. The summed E-state index contributed by atoms with van der Waals surface area (Å²) in [6, 6.07) is 3.84. The van der Waals surface area contributed by atoms with Crippen LogP contribution in [0.3, 0.4) is 0 Å². The molecule has 10 heteroatoms. The van der Waals surface area contributed by atoms with Crippen molar-refractivity contribution in [3.8, 4) is 0 Å². The lowest BCUT2D eigenvalue weighted by molar-refractivity contribution is 0.0448. The molecule has 3 rings (SSSR count). The lowest BCUT2D eigenvalue weighted by atomic mass is 9.89. The summed E-state index contributed by atoms with van der Waals surface area (Å²) in [4.78, 5) is 23.9. The number of hydrogen-bond donors (Lipinski definition) is 3. The Labute approximate surface area is 204 Å². The number of nitrogens with zero attached hydrogens (tertiary/aromatic N) is 3. The number of piperidine rings is 1. The van der Waals surface area contributed by atoms with Crippen LogP contribution in [0.15, 0.2) is 28.3 Å². The number of carbonyl (C=O) groups is 1. The fourth-order valence-electron chi connectivity index (χ4n) is 3.65. The van der Waals surface area contributed by atoms with E-state index in [4.69, 9.17) is 27.1 Å². The maximum atomic E-state index is 12.2. The highest BCUT2D eigenvalue weighted by Crippen LogP contribution is 2.38. The average Bonchev–Trinajstić information content (AvgIpc) is 2.71. The van der Waals surface area contributed by atoms with Gasteiger partial charge in [0, 0.05) is 29.7 Å². The number of aromatic nitrogens is 2. The molecule has 4 N–H and O–H groups in total. The molecule has 1 amide bonds. The fourth-order valence-corrected chi connectivity index (χ4v) is 4.79. The summed E-state index contributed by atoms with van der Waals surface area (Å²) in [7, 11) is 0. The Morgan fingerprint density at radius 3 is 2.67 bits per heavy atom. The molecule has 2 aromatic heterocycles. The number of amides is 1. The van der Waals surface area contributed by atoms with Crippen molar-refractivity contribution in [3.63, 3.8) is 0 Å². The van der Waals surface area contributed by atoms with Crippen LogP contribution >= 0.6 is 23.4 Å². The predicted molar refractivity (Wildman–Crippen MR) is 132 cm³/mol. The number of pyridine rings is 2. The van der Waals surface area contributed by atoms with Crippen LogP contribution in [0.4, 0.5) is 16.3 Å². The van der Waals surface area contributed by atoms with E-state index in [0.29, 0.717) is 10.7 Å². The molecule has 33 heavy (non-hydrogen) atoms. The molecule has 2 aromatic rings. The Morgan fingerprint density at radius 2 is 2.06 bits per heavy atom. The number of aliphatic hydroxyl groups excluding tert-OH is 1. The van der Waals surface area contributed by atoms with Crippen molar-refractivity contribution in [1.29, 1.82) is 0 Å². The van der Waals surface area contributed by atoms with Gasteiger partial charge in [-0.15, -0.1) is 0 Å². The number of nitrogens with one attached hydrogen (secondary N) is 1. The van der Waals surface area contributed by atoms with Gasteiger partial charge in [0.2, 0.25) is 0 Å². The molecule has 3 heterocycles. The minimum absolute atomic E-state index is 0.181. The van der Waals surface area contributed by atoms with Gasteiger partial charge in [-0.05, 0) is 65.2 Å². The summed E-state index contributed by atoms with van der Waals surface area (Å²) in [5.41, 5.74) is 7.40. The van der Waals surface area contributed by atoms with E-state index in [-0.39, 0.29) is 18.0 Å². The van der Waals surface area contributed by atoms with Crippen molar-refractivity contribution < 1.29 is 14.6 Å². The number of nitrogens with two attached hydrogens (primary N) is 1. The van der Waals surface area contributed by atoms with Gasteiger partial charge in [0.15, 0.2) is 0 Å². The zero-order chi connectivity index (χ0) is 24.4. The number of alkyl carbamates (subject to hydrolysis) is 1. The number of anilines is 2. The van der Waals surface area contributed by atoms with Crippen molar-refractivity contribution in [2.75, 3.05) is 23.7 Å². The summed E-state index contributed by atoms with van der Waals surface area (Å²) >= 11 is 7.68. The Balaban J connectivity index is 1.73. The molecular weight excluding hydrogens is 462 g/mol. The van der Waals surface area contributed by atoms with Crippen LogP contribution in [0.1, 0.15) is 51.8 Å². The number of hydrogen-bond acceptors (Lipinski definition) is 8. The van der Waals surface area contributed by atoms with E-state index in [1.54, 1.807) is 12.3 Å². The van der Waals surface area contributed by atoms with Crippen molar-refractivity contribution >= 4 is 41.0 Å². The van der Waals surface area contributed by atoms with Gasteiger partial charge in [-0.1, -0.05) is 23.4 Å². The molecular formula is C23H32ClN5O3S. The number of carbonyl (C=O) groups excluding carboxylic acids is 1. The third-order valence-corrected chi connectivity index (χ3v) is 7.15. The van der Waals surface area contributed by atoms with Crippen molar-refractivity contribution in [1.82, 2.24) is 15.3 Å². The highest BCUT2D eigenvalue weighted by Gasteiger charge is 2.34. The molecule has 0 bridgehead atoms. The SMILES string of the molecule is Cc1cc(N2CCC(C)(NC(=O)OC(C)(C)C)CC2)c(CO)nc1Sc1ccnc(N)c1Cl. The minimum Gasteiger partial charge on any atom is -0.444 e. The van der Waals surface area contributed by atoms with E-state index in [1.165, 1.54) is 11.8 Å². The Bertz CT molecular complexity index is 1020. The van der Waals surface area contributed by atoms with E-state index >= 15 is 0 Å². The van der Waals surface area contributed by atoms with Crippen LogP contribution < -0.4 is 16.0 Å². The van der Waals surface area contributed by atoms with Crippen LogP contribution in [0.5, 0.6) is 0 Å². The van der Waals surface area contributed by atoms with E-state index in [9.17, 15) is 9.90 Å². The van der Waals surface area contributed by atoms with Gasteiger partial charge in [-0.25, -0.2) is 14.8 Å². The van der Waals surface area contributed by atoms with E-state index in [0.717, 1.165) is 47.1 Å². The van der Waals surface area contributed by atoms with Gasteiger partial charge in [-0.3, -0.25) is 0 Å². The van der Waals surface area contributed by atoms with Crippen LogP contribution in [-0.2, 0) is 11.3 Å². The summed E-state index contributed by atoms with van der Waals surface area (Å²) in [5.74, 6) is 0.273. The molecule has 0 radical (unpaired) electrons. The molecule has 8 nitrogen and oxygen atoms in total. The summed E-state index contributed by atoms with van der Waals surface area (Å²) in [6.07, 6.45) is 2.71. The van der Waals surface area contributed by atoms with Crippen LogP contribution in [-0.4, -0.2) is 45.4 Å². The topological polar surface area (TPSA) is 114 Å². The standard InChI is InChI=1S/C23H32ClN5O3S/c1-14-12-16(15(13-30)27-20(14)33-17-6-9-26-19(25)18(17)24)29-10-7-23(5,8-11-29)28-21(31)32-22(2,3)4/h6,9,12,30H,7-8,10-11,13H2,1-5H3,(H2,25,26)(H,28,31). The lowest BCUT2D eigenvalue weighted by Gasteiger charge is -2.41. The maximum Gasteiger partial charge on any atom is 0.408 e. The Hall–Kier alpha value is -2.23. The van der Waals surface area contributed by atoms with Gasteiger partial charge < -0.3 is 25.8 Å². The van der Waals surface area contributed by atoms with Crippen LogP contribution in [0.25, 0.3) is 0 Å². The predicted octanol–water partition coefficient (Wildman–Crippen LogP) is 4.55. The number of nitrogen functional groups attached to an aromatic ring is 1. The zero-order valence-electron chi connectivity index (χ0n) is 19.7. The third kappa shape index (κ3) is 6.43. The quantitative estimate of drug-likeness (QED) is 0.556. The molecule has 1 saturated heterocycles. The fraction of sp³-hybridized carbons (Fsp3) is 0.522. The molecule has 0 atom stereocenters. The second-order valence-electron chi connectivity index (χ2n) is 9.52. The summed E-state index contributed by atoms with van der Waals surface area (Å²) in [5, 5.41) is 14.2. The van der Waals surface area contributed by atoms with Crippen LogP contribution in [0.2, 0.25) is 5.02 Å². The molecule has 0 spiro atoms. The number of aryl methyl sites for hydroxylation is 1. The van der Waals surface area contributed by atoms with Gasteiger partial charge >= 0.3 is 6.09 Å². The molecule has 1 aliphatic heterocycles. The normalized spacial score (nSPS) is 15.9. The highest BCUT2D eigenvalue weighted by molar-refractivity contribution is 7.99. The average molecular weight is 494 g/mol. The van der Waals surface area contributed by atoms with Crippen molar-refractivity contribution in [2.24, 2.45) is 0 Å². The molecule has 180 valence electrons. The third-order valence-electron chi connectivity index (χ3n) is 5.47. The first-order valence-corrected chi connectivity index (χ1v) is 12.1. The van der Waals surface area contributed by atoms with Crippen molar-refractivity contribution in [3.05, 3.63) is 34.6 Å². The van der Waals surface area contributed by atoms with Crippen molar-refractivity contribution in [2.45, 2.75) is 75.1 Å². The zero-order valence-corrected chi connectivity index (χ0v) is 21.3. The second kappa shape index (κ2) is 9.95. The number of rotatable bonds is 5. The van der Waals surface area contributed by atoms with Gasteiger partial charge in [0.05, 0.1) is 23.0 Å². The summed E-state index contributed by atoms with van der Waals surface area (Å²) < 4.78 is 5.42. The second-order valence-corrected chi connectivity index (χ2v) is 10.9. The Kier molecular flexibility index (Phi) is 7.65. The monoisotopic (exact) mass is 493 g/mol. The largest absolute Gasteiger partial charge is 0.444 e.